The fourth-order valence-electron chi connectivity index (χ4n) is 3.20. The number of ether oxygens (including phenoxy) is 1. The lowest BCUT2D eigenvalue weighted by molar-refractivity contribution is -0.127. The smallest absolute Gasteiger partial charge is 0.233 e. The molecule has 146 valence electrons. The highest BCUT2D eigenvalue weighted by Gasteiger charge is 2.22. The zero-order valence-corrected chi connectivity index (χ0v) is 16.5. The highest BCUT2D eigenvalue weighted by atomic mass is 32.2. The van der Waals surface area contributed by atoms with Gasteiger partial charge in [0.15, 0.2) is 10.9 Å². The van der Waals surface area contributed by atoms with Crippen LogP contribution in [0.1, 0.15) is 19.8 Å². The van der Waals surface area contributed by atoms with E-state index in [1.54, 1.807) is 6.26 Å². The predicted octanol–water partition coefficient (Wildman–Crippen LogP) is 3.64. The van der Waals surface area contributed by atoms with E-state index in [-0.39, 0.29) is 5.91 Å². The Bertz CT molecular complexity index is 916. The average molecular weight is 398 g/mol. The molecule has 0 spiro atoms. The molecule has 1 saturated heterocycles. The van der Waals surface area contributed by atoms with Crippen molar-refractivity contribution in [2.45, 2.75) is 24.9 Å². The molecule has 1 aliphatic rings. The van der Waals surface area contributed by atoms with Crippen LogP contribution in [0.5, 0.6) is 5.75 Å². The summed E-state index contributed by atoms with van der Waals surface area (Å²) in [4.78, 5) is 14.3. The molecular formula is C20H22N4O3S. The number of rotatable bonds is 7. The molecule has 3 aromatic rings. The molecule has 0 aliphatic carbocycles. The molecule has 7 nitrogen and oxygen atoms in total. The lowest BCUT2D eigenvalue weighted by Crippen LogP contribution is -2.29. The molecule has 0 atom stereocenters. The molecule has 8 heteroatoms. The van der Waals surface area contributed by atoms with Crippen molar-refractivity contribution in [2.24, 2.45) is 0 Å². The molecule has 0 N–H and O–H groups in total. The molecule has 1 amide bonds. The number of carbonyl (C=O) groups is 1. The summed E-state index contributed by atoms with van der Waals surface area (Å²) >= 11 is 1.39. The van der Waals surface area contributed by atoms with Gasteiger partial charge >= 0.3 is 0 Å². The second-order valence-electron chi connectivity index (χ2n) is 6.42. The fourth-order valence-corrected chi connectivity index (χ4v) is 4.06. The van der Waals surface area contributed by atoms with E-state index in [9.17, 15) is 4.79 Å². The third-order valence-electron chi connectivity index (χ3n) is 4.56. The monoisotopic (exact) mass is 398 g/mol. The van der Waals surface area contributed by atoms with Crippen LogP contribution in [0, 0.1) is 0 Å². The summed E-state index contributed by atoms with van der Waals surface area (Å²) in [5.41, 5.74) is 0.885. The van der Waals surface area contributed by atoms with Crippen LogP contribution in [-0.4, -0.2) is 51.0 Å². The number of amides is 1. The van der Waals surface area contributed by atoms with Crippen LogP contribution in [0.3, 0.4) is 0 Å². The van der Waals surface area contributed by atoms with E-state index in [4.69, 9.17) is 9.15 Å². The molecule has 28 heavy (non-hydrogen) atoms. The summed E-state index contributed by atoms with van der Waals surface area (Å²) in [7, 11) is 0. The SMILES string of the molecule is CCOc1ccc(-n2c(SCC(=O)N3CCCC3)nnc2-c2ccco2)cc1. The van der Waals surface area contributed by atoms with E-state index in [0.717, 1.165) is 37.4 Å². The zero-order chi connectivity index (χ0) is 19.3. The van der Waals surface area contributed by atoms with Gasteiger partial charge in [0.1, 0.15) is 5.75 Å². The van der Waals surface area contributed by atoms with Crippen molar-refractivity contribution in [1.82, 2.24) is 19.7 Å². The highest BCUT2D eigenvalue weighted by Crippen LogP contribution is 2.29. The van der Waals surface area contributed by atoms with Crippen molar-refractivity contribution < 1.29 is 13.9 Å². The van der Waals surface area contributed by atoms with Gasteiger partial charge in [0.05, 0.1) is 24.3 Å². The Kier molecular flexibility index (Phi) is 5.66. The van der Waals surface area contributed by atoms with E-state index < -0.39 is 0 Å². The second kappa shape index (κ2) is 8.52. The molecule has 1 aliphatic heterocycles. The third kappa shape index (κ3) is 3.91. The number of thioether (sulfide) groups is 1. The highest BCUT2D eigenvalue weighted by molar-refractivity contribution is 7.99. The van der Waals surface area contributed by atoms with Crippen molar-refractivity contribution in [3.63, 3.8) is 0 Å². The van der Waals surface area contributed by atoms with Crippen LogP contribution in [0.15, 0.2) is 52.2 Å². The van der Waals surface area contributed by atoms with E-state index in [1.807, 2.05) is 52.8 Å². The van der Waals surface area contributed by atoms with Gasteiger partial charge in [0.25, 0.3) is 0 Å². The first-order valence-electron chi connectivity index (χ1n) is 9.39. The van der Waals surface area contributed by atoms with E-state index in [1.165, 1.54) is 11.8 Å². The number of hydrogen-bond acceptors (Lipinski definition) is 6. The molecule has 3 heterocycles. The molecule has 1 aromatic carbocycles. The molecule has 1 fully saturated rings. The van der Waals surface area contributed by atoms with Crippen LogP contribution < -0.4 is 4.74 Å². The lowest BCUT2D eigenvalue weighted by Gasteiger charge is -2.15. The van der Waals surface area contributed by atoms with Crippen LogP contribution in [0.2, 0.25) is 0 Å². The third-order valence-corrected chi connectivity index (χ3v) is 5.48. The minimum atomic E-state index is 0.142. The Labute approximate surface area is 167 Å². The molecular weight excluding hydrogens is 376 g/mol. The van der Waals surface area contributed by atoms with Crippen LogP contribution in [-0.2, 0) is 4.79 Å². The first kappa shape index (κ1) is 18.6. The minimum absolute atomic E-state index is 0.142. The van der Waals surface area contributed by atoms with Crippen molar-refractivity contribution in [1.29, 1.82) is 0 Å². The lowest BCUT2D eigenvalue weighted by atomic mass is 10.3. The largest absolute Gasteiger partial charge is 0.494 e. The van der Waals surface area contributed by atoms with Crippen LogP contribution in [0.25, 0.3) is 17.3 Å². The normalized spacial score (nSPS) is 13.8. The standard InChI is InChI=1S/C20H22N4O3S/c1-2-26-16-9-7-15(8-10-16)24-19(17-6-5-13-27-17)21-22-20(24)28-14-18(25)23-11-3-4-12-23/h5-10,13H,2-4,11-12,14H2,1H3. The van der Waals surface area contributed by atoms with Crippen molar-refractivity contribution >= 4 is 17.7 Å². The van der Waals surface area contributed by atoms with Crippen molar-refractivity contribution in [3.8, 4) is 23.0 Å². The molecule has 4 rings (SSSR count). The van der Waals surface area contributed by atoms with Gasteiger partial charge in [-0.3, -0.25) is 9.36 Å². The van der Waals surface area contributed by atoms with Crippen LogP contribution >= 0.6 is 11.8 Å². The average Bonchev–Trinajstić information content (AvgIpc) is 3.48. The summed E-state index contributed by atoms with van der Waals surface area (Å²) in [6.45, 7) is 4.27. The van der Waals surface area contributed by atoms with Gasteiger partial charge in [-0.05, 0) is 56.2 Å². The number of furan rings is 1. The molecule has 0 unspecified atom stereocenters. The molecule has 0 saturated carbocycles. The maximum atomic E-state index is 12.4. The number of nitrogens with zero attached hydrogens (tertiary/aromatic N) is 4. The number of likely N-dealkylation sites (tertiary alicyclic amines) is 1. The summed E-state index contributed by atoms with van der Waals surface area (Å²) < 4.78 is 13.0. The van der Waals surface area contributed by atoms with Gasteiger partial charge in [-0.25, -0.2) is 0 Å². The Hall–Kier alpha value is -2.74. The van der Waals surface area contributed by atoms with E-state index >= 15 is 0 Å². The number of carbonyl (C=O) groups excluding carboxylic acids is 1. The van der Waals surface area contributed by atoms with Gasteiger partial charge in [-0.15, -0.1) is 10.2 Å². The summed E-state index contributed by atoms with van der Waals surface area (Å²) in [5.74, 6) is 2.51. The van der Waals surface area contributed by atoms with E-state index in [0.29, 0.717) is 29.1 Å². The predicted molar refractivity (Wildman–Crippen MR) is 107 cm³/mol. The van der Waals surface area contributed by atoms with Gasteiger partial charge in [0, 0.05) is 13.1 Å². The first-order valence-corrected chi connectivity index (χ1v) is 10.4. The number of benzene rings is 1. The Balaban J connectivity index is 1.61. The Morgan fingerprint density at radius 1 is 1.18 bits per heavy atom. The van der Waals surface area contributed by atoms with E-state index in [2.05, 4.69) is 10.2 Å². The first-order chi connectivity index (χ1) is 13.8. The van der Waals surface area contributed by atoms with Crippen molar-refractivity contribution in [3.05, 3.63) is 42.7 Å². The maximum absolute atomic E-state index is 12.4. The minimum Gasteiger partial charge on any atom is -0.494 e. The molecule has 2 aromatic heterocycles. The van der Waals surface area contributed by atoms with Gasteiger partial charge in [-0.1, -0.05) is 11.8 Å². The zero-order valence-electron chi connectivity index (χ0n) is 15.7. The number of aromatic nitrogens is 3. The Morgan fingerprint density at radius 3 is 2.64 bits per heavy atom. The van der Waals surface area contributed by atoms with Crippen LogP contribution in [0.4, 0.5) is 0 Å². The van der Waals surface area contributed by atoms with Gasteiger partial charge < -0.3 is 14.1 Å². The van der Waals surface area contributed by atoms with Crippen molar-refractivity contribution in [2.75, 3.05) is 25.4 Å². The molecule has 0 bridgehead atoms. The quantitative estimate of drug-likeness (QED) is 0.566. The van der Waals surface area contributed by atoms with Gasteiger partial charge in [-0.2, -0.15) is 0 Å². The number of hydrogen-bond donors (Lipinski definition) is 0. The maximum Gasteiger partial charge on any atom is 0.233 e. The summed E-state index contributed by atoms with van der Waals surface area (Å²) in [5, 5.41) is 9.29. The van der Waals surface area contributed by atoms with Gasteiger partial charge in [0.2, 0.25) is 11.7 Å². The fraction of sp³-hybridized carbons (Fsp3) is 0.350. The topological polar surface area (TPSA) is 73.4 Å². The summed E-state index contributed by atoms with van der Waals surface area (Å²) in [6, 6.07) is 11.4. The Morgan fingerprint density at radius 2 is 1.96 bits per heavy atom. The molecule has 0 radical (unpaired) electrons. The summed E-state index contributed by atoms with van der Waals surface area (Å²) in [6.07, 6.45) is 3.78. The second-order valence-corrected chi connectivity index (χ2v) is 7.36.